The van der Waals surface area contributed by atoms with Gasteiger partial charge in [0.15, 0.2) is 0 Å². The van der Waals surface area contributed by atoms with Gasteiger partial charge in [-0.15, -0.1) is 0 Å². The molecule has 1 heteroatoms. The molecule has 0 aromatic rings. The van der Waals surface area contributed by atoms with Crippen LogP contribution in [0.5, 0.6) is 0 Å². The van der Waals surface area contributed by atoms with Crippen molar-refractivity contribution in [1.82, 2.24) is 0 Å². The topological polar surface area (TPSA) is 20.2 Å². The van der Waals surface area contributed by atoms with E-state index in [9.17, 15) is 5.11 Å². The van der Waals surface area contributed by atoms with Gasteiger partial charge in [-0.1, -0.05) is 97.3 Å². The van der Waals surface area contributed by atoms with Crippen LogP contribution in [0.4, 0.5) is 0 Å². The van der Waals surface area contributed by atoms with Crippen LogP contribution in [-0.4, -0.2) is 11.2 Å². The third-order valence-electron chi connectivity index (χ3n) is 4.59. The Balaban J connectivity index is 3.03. The lowest BCUT2D eigenvalue weighted by atomic mass is 9.97. The molecule has 0 aromatic carbocycles. The van der Waals surface area contributed by atoms with Crippen molar-refractivity contribution in [2.75, 3.05) is 0 Å². The minimum Gasteiger partial charge on any atom is -0.393 e. The van der Waals surface area contributed by atoms with E-state index in [4.69, 9.17) is 0 Å². The molecule has 0 fully saturated rings. The molecule has 0 saturated heterocycles. The Hall–Kier alpha value is -0.0400. The van der Waals surface area contributed by atoms with Crippen molar-refractivity contribution >= 4 is 0 Å². The van der Waals surface area contributed by atoms with Crippen LogP contribution in [0.2, 0.25) is 0 Å². The van der Waals surface area contributed by atoms with Gasteiger partial charge in [-0.05, 0) is 19.3 Å². The highest BCUT2D eigenvalue weighted by Crippen LogP contribution is 2.16. The highest BCUT2D eigenvalue weighted by molar-refractivity contribution is 4.59. The molecule has 0 aliphatic rings. The van der Waals surface area contributed by atoms with Gasteiger partial charge < -0.3 is 5.11 Å². The molecule has 0 saturated carbocycles. The van der Waals surface area contributed by atoms with Gasteiger partial charge in [0.1, 0.15) is 0 Å². The van der Waals surface area contributed by atoms with E-state index >= 15 is 0 Å². The van der Waals surface area contributed by atoms with Crippen LogP contribution in [-0.2, 0) is 0 Å². The number of hydrogen-bond donors (Lipinski definition) is 1. The molecule has 0 aliphatic heterocycles. The van der Waals surface area contributed by atoms with Crippen molar-refractivity contribution in [3.05, 3.63) is 0 Å². The summed E-state index contributed by atoms with van der Waals surface area (Å²) in [7, 11) is 0. The lowest BCUT2D eigenvalue weighted by molar-refractivity contribution is 0.128. The molecule has 0 rings (SSSR count). The van der Waals surface area contributed by atoms with Crippen LogP contribution in [0.3, 0.4) is 0 Å². The second-order valence-electron chi connectivity index (χ2n) is 6.75. The van der Waals surface area contributed by atoms with Crippen molar-refractivity contribution < 1.29 is 5.11 Å². The second-order valence-corrected chi connectivity index (χ2v) is 6.75. The third-order valence-corrected chi connectivity index (χ3v) is 4.59. The summed E-state index contributed by atoms with van der Waals surface area (Å²) in [5, 5.41) is 9.41. The SMILES string of the molecule is CCCCCCCCCCCCCCCC(C)C(C)O. The maximum absolute atomic E-state index is 9.41. The van der Waals surface area contributed by atoms with Gasteiger partial charge in [0, 0.05) is 0 Å². The first-order chi connectivity index (χ1) is 9.68. The molecular weight excluding hydrogens is 244 g/mol. The smallest absolute Gasteiger partial charge is 0.0537 e. The lowest BCUT2D eigenvalue weighted by Gasteiger charge is -2.13. The highest BCUT2D eigenvalue weighted by atomic mass is 16.3. The van der Waals surface area contributed by atoms with Gasteiger partial charge in [-0.3, -0.25) is 0 Å². The van der Waals surface area contributed by atoms with Gasteiger partial charge in [0.05, 0.1) is 6.10 Å². The molecule has 0 heterocycles. The van der Waals surface area contributed by atoms with Crippen LogP contribution >= 0.6 is 0 Å². The van der Waals surface area contributed by atoms with E-state index in [-0.39, 0.29) is 6.10 Å². The van der Waals surface area contributed by atoms with Crippen molar-refractivity contribution in [1.29, 1.82) is 0 Å². The maximum Gasteiger partial charge on any atom is 0.0537 e. The van der Waals surface area contributed by atoms with E-state index in [1.54, 1.807) is 0 Å². The fourth-order valence-corrected chi connectivity index (χ4v) is 2.73. The van der Waals surface area contributed by atoms with Crippen LogP contribution < -0.4 is 0 Å². The summed E-state index contributed by atoms with van der Waals surface area (Å²) in [5.74, 6) is 0.475. The summed E-state index contributed by atoms with van der Waals surface area (Å²) < 4.78 is 0. The molecule has 0 spiro atoms. The van der Waals surface area contributed by atoms with E-state index in [0.717, 1.165) is 0 Å². The van der Waals surface area contributed by atoms with Crippen molar-refractivity contribution in [3.63, 3.8) is 0 Å². The summed E-state index contributed by atoms with van der Waals surface area (Å²) in [6.45, 7) is 6.35. The van der Waals surface area contributed by atoms with Crippen LogP contribution in [0.1, 0.15) is 111 Å². The zero-order valence-electron chi connectivity index (χ0n) is 14.5. The minimum absolute atomic E-state index is 0.132. The summed E-state index contributed by atoms with van der Waals surface area (Å²) in [4.78, 5) is 0. The van der Waals surface area contributed by atoms with E-state index < -0.39 is 0 Å². The fraction of sp³-hybridized carbons (Fsp3) is 1.00. The van der Waals surface area contributed by atoms with E-state index in [1.807, 2.05) is 6.92 Å². The Labute approximate surface area is 128 Å². The zero-order chi connectivity index (χ0) is 15.1. The van der Waals surface area contributed by atoms with E-state index in [1.165, 1.54) is 89.9 Å². The summed E-state index contributed by atoms with van der Waals surface area (Å²) in [5.41, 5.74) is 0. The summed E-state index contributed by atoms with van der Waals surface area (Å²) in [6, 6.07) is 0. The molecule has 0 bridgehead atoms. The predicted octanol–water partition coefficient (Wildman–Crippen LogP) is 6.48. The van der Waals surface area contributed by atoms with Crippen molar-refractivity contribution in [3.8, 4) is 0 Å². The average molecular weight is 285 g/mol. The Morgan fingerprint density at radius 3 is 1.30 bits per heavy atom. The molecule has 1 nitrogen and oxygen atoms in total. The van der Waals surface area contributed by atoms with Crippen molar-refractivity contribution in [2.45, 2.75) is 117 Å². The molecule has 1 N–H and O–H groups in total. The Bertz CT molecular complexity index is 177. The highest BCUT2D eigenvalue weighted by Gasteiger charge is 2.07. The van der Waals surface area contributed by atoms with Crippen molar-refractivity contribution in [2.24, 2.45) is 5.92 Å². The number of aliphatic hydroxyl groups is 1. The molecule has 2 atom stereocenters. The quantitative estimate of drug-likeness (QED) is 0.341. The first-order valence-corrected chi connectivity index (χ1v) is 9.36. The van der Waals surface area contributed by atoms with E-state index in [2.05, 4.69) is 13.8 Å². The average Bonchev–Trinajstić information content (AvgIpc) is 2.43. The normalized spacial score (nSPS) is 14.4. The standard InChI is InChI=1S/C19H40O/c1-4-5-6-7-8-9-10-11-12-13-14-15-16-17-18(2)19(3)20/h18-20H,4-17H2,1-3H3. The zero-order valence-corrected chi connectivity index (χ0v) is 14.5. The van der Waals surface area contributed by atoms with Crippen LogP contribution in [0.25, 0.3) is 0 Å². The van der Waals surface area contributed by atoms with Gasteiger partial charge in [-0.25, -0.2) is 0 Å². The van der Waals surface area contributed by atoms with E-state index in [0.29, 0.717) is 5.92 Å². The number of hydrogen-bond acceptors (Lipinski definition) is 1. The summed E-state index contributed by atoms with van der Waals surface area (Å²) in [6.07, 6.45) is 19.4. The Morgan fingerprint density at radius 2 is 0.950 bits per heavy atom. The lowest BCUT2D eigenvalue weighted by Crippen LogP contribution is -2.12. The Kier molecular flexibility index (Phi) is 15.3. The molecule has 0 radical (unpaired) electrons. The minimum atomic E-state index is -0.132. The number of unbranched alkanes of at least 4 members (excludes halogenated alkanes) is 12. The molecular formula is C19H40O. The van der Waals surface area contributed by atoms with Gasteiger partial charge in [0.25, 0.3) is 0 Å². The molecule has 20 heavy (non-hydrogen) atoms. The Morgan fingerprint density at radius 1 is 0.600 bits per heavy atom. The van der Waals surface area contributed by atoms with Crippen LogP contribution in [0.15, 0.2) is 0 Å². The molecule has 122 valence electrons. The molecule has 2 unspecified atom stereocenters. The van der Waals surface area contributed by atoms with Crippen LogP contribution in [0, 0.1) is 5.92 Å². The molecule has 0 aliphatic carbocycles. The molecule has 0 aromatic heterocycles. The fourth-order valence-electron chi connectivity index (χ4n) is 2.73. The van der Waals surface area contributed by atoms with Gasteiger partial charge in [-0.2, -0.15) is 0 Å². The summed E-state index contributed by atoms with van der Waals surface area (Å²) >= 11 is 0. The third kappa shape index (κ3) is 14.4. The first kappa shape index (κ1) is 20.0. The number of rotatable bonds is 15. The number of aliphatic hydroxyl groups excluding tert-OH is 1. The first-order valence-electron chi connectivity index (χ1n) is 9.36. The van der Waals surface area contributed by atoms with Gasteiger partial charge >= 0.3 is 0 Å². The second kappa shape index (κ2) is 15.4. The largest absolute Gasteiger partial charge is 0.393 e. The maximum atomic E-state index is 9.41. The van der Waals surface area contributed by atoms with Gasteiger partial charge in [0.2, 0.25) is 0 Å². The monoisotopic (exact) mass is 284 g/mol. The predicted molar refractivity (Wildman–Crippen MR) is 91.2 cm³/mol. The molecule has 0 amide bonds.